The Hall–Kier alpha value is -1.61. The first-order valence-electron chi connectivity index (χ1n) is 4.75. The lowest BCUT2D eigenvalue weighted by atomic mass is 10.1. The Balaban J connectivity index is 2.45. The van der Waals surface area contributed by atoms with Gasteiger partial charge in [0.05, 0.1) is 5.88 Å². The normalized spacial score (nSPS) is 10.4. The molecule has 0 atom stereocenters. The zero-order chi connectivity index (χ0) is 11.5. The molecule has 0 spiro atoms. The summed E-state index contributed by atoms with van der Waals surface area (Å²) in [6.07, 6.45) is 0. The maximum absolute atomic E-state index is 12.7. The van der Waals surface area contributed by atoms with Gasteiger partial charge in [0.15, 0.2) is 0 Å². The van der Waals surface area contributed by atoms with Crippen LogP contribution in [-0.2, 0) is 5.88 Å². The number of benzene rings is 1. The molecular weight excluding hydrogens is 229 g/mol. The van der Waals surface area contributed by atoms with Gasteiger partial charge < -0.3 is 4.98 Å². The molecule has 0 saturated carbocycles. The largest absolute Gasteiger partial charge is 0.322 e. The van der Waals surface area contributed by atoms with E-state index in [-0.39, 0.29) is 17.3 Å². The van der Waals surface area contributed by atoms with E-state index in [1.807, 2.05) is 0 Å². The van der Waals surface area contributed by atoms with Crippen molar-refractivity contribution in [2.45, 2.75) is 5.88 Å². The zero-order valence-electron chi connectivity index (χ0n) is 8.34. The number of hydrogen-bond donors (Lipinski definition) is 1. The van der Waals surface area contributed by atoms with Gasteiger partial charge in [0.25, 0.3) is 5.56 Å². The third-order valence-electron chi connectivity index (χ3n) is 2.29. The Labute approximate surface area is 96.7 Å². The summed E-state index contributed by atoms with van der Waals surface area (Å²) in [5.41, 5.74) is 1.72. The van der Waals surface area contributed by atoms with Gasteiger partial charge in [-0.3, -0.25) is 4.79 Å². The van der Waals surface area contributed by atoms with Gasteiger partial charge in [-0.1, -0.05) is 6.07 Å². The lowest BCUT2D eigenvalue weighted by molar-refractivity contribution is 0.628. The molecule has 0 aliphatic carbocycles. The molecule has 0 fully saturated rings. The predicted octanol–water partition coefficient (Wildman–Crippen LogP) is 2.92. The number of rotatable bonds is 2. The molecule has 0 radical (unpaired) electrons. The highest BCUT2D eigenvalue weighted by Crippen LogP contribution is 2.16. The van der Waals surface area contributed by atoms with Crippen molar-refractivity contribution in [1.29, 1.82) is 0 Å². The van der Waals surface area contributed by atoms with Crippen LogP contribution in [0.4, 0.5) is 4.39 Å². The maximum Gasteiger partial charge on any atom is 0.252 e. The number of halogens is 2. The molecule has 1 heterocycles. The Morgan fingerprint density at radius 3 is 2.38 bits per heavy atom. The maximum atomic E-state index is 12.7. The molecule has 16 heavy (non-hydrogen) atoms. The third kappa shape index (κ3) is 2.14. The number of aromatic nitrogens is 1. The fourth-order valence-electron chi connectivity index (χ4n) is 1.41. The summed E-state index contributed by atoms with van der Waals surface area (Å²) in [5, 5.41) is 0. The minimum absolute atomic E-state index is 0.180. The van der Waals surface area contributed by atoms with Crippen molar-refractivity contribution in [2.24, 2.45) is 0 Å². The van der Waals surface area contributed by atoms with Crippen LogP contribution in [-0.4, -0.2) is 4.98 Å². The van der Waals surface area contributed by atoms with Crippen molar-refractivity contribution in [3.63, 3.8) is 0 Å². The summed E-state index contributed by atoms with van der Waals surface area (Å²) in [6, 6.07) is 9.35. The number of nitrogens with one attached hydrogen (secondary N) is 1. The Kier molecular flexibility index (Phi) is 3.06. The lowest BCUT2D eigenvalue weighted by Gasteiger charge is -2.02. The van der Waals surface area contributed by atoms with E-state index in [0.29, 0.717) is 11.3 Å². The van der Waals surface area contributed by atoms with Gasteiger partial charge in [0.2, 0.25) is 0 Å². The summed E-state index contributed by atoms with van der Waals surface area (Å²) in [6.45, 7) is 0. The molecule has 0 aliphatic heterocycles. The first-order chi connectivity index (χ1) is 7.70. The van der Waals surface area contributed by atoms with E-state index in [9.17, 15) is 9.18 Å². The average molecular weight is 238 g/mol. The number of hydrogen-bond acceptors (Lipinski definition) is 1. The second-order valence-corrected chi connectivity index (χ2v) is 3.63. The van der Waals surface area contributed by atoms with Gasteiger partial charge in [-0.25, -0.2) is 4.39 Å². The molecule has 1 aromatic carbocycles. The number of pyridine rings is 1. The zero-order valence-corrected chi connectivity index (χ0v) is 9.09. The second-order valence-electron chi connectivity index (χ2n) is 3.37. The van der Waals surface area contributed by atoms with E-state index < -0.39 is 0 Å². The Morgan fingerprint density at radius 2 is 1.81 bits per heavy atom. The van der Waals surface area contributed by atoms with E-state index in [1.54, 1.807) is 24.3 Å². The van der Waals surface area contributed by atoms with Crippen LogP contribution in [0.15, 0.2) is 41.2 Å². The third-order valence-corrected chi connectivity index (χ3v) is 2.58. The van der Waals surface area contributed by atoms with Crippen molar-refractivity contribution in [1.82, 2.24) is 4.98 Å². The Bertz CT molecular complexity index is 548. The van der Waals surface area contributed by atoms with Crippen LogP contribution in [0.1, 0.15) is 5.56 Å². The molecule has 1 aromatic heterocycles. The van der Waals surface area contributed by atoms with E-state index in [4.69, 9.17) is 11.6 Å². The van der Waals surface area contributed by atoms with Crippen molar-refractivity contribution >= 4 is 11.6 Å². The smallest absolute Gasteiger partial charge is 0.252 e. The topological polar surface area (TPSA) is 32.9 Å². The van der Waals surface area contributed by atoms with Crippen LogP contribution >= 0.6 is 11.6 Å². The van der Waals surface area contributed by atoms with E-state index in [0.717, 1.165) is 5.56 Å². The SMILES string of the molecule is O=c1[nH]c(-c2ccc(F)cc2)ccc1CCl. The molecule has 0 amide bonds. The van der Waals surface area contributed by atoms with E-state index in [2.05, 4.69) is 4.98 Å². The van der Waals surface area contributed by atoms with Gasteiger partial charge in [-0.05, 0) is 35.9 Å². The first kappa shape index (κ1) is 10.9. The van der Waals surface area contributed by atoms with Crippen LogP contribution in [0.5, 0.6) is 0 Å². The lowest BCUT2D eigenvalue weighted by Crippen LogP contribution is -2.11. The molecule has 4 heteroatoms. The number of aromatic amines is 1. The van der Waals surface area contributed by atoms with Crippen LogP contribution in [0.3, 0.4) is 0 Å². The summed E-state index contributed by atoms with van der Waals surface area (Å²) in [7, 11) is 0. The minimum Gasteiger partial charge on any atom is -0.322 e. The van der Waals surface area contributed by atoms with Crippen LogP contribution in [0.25, 0.3) is 11.3 Å². The van der Waals surface area contributed by atoms with E-state index in [1.165, 1.54) is 12.1 Å². The standard InChI is InChI=1S/C12H9ClFNO/c13-7-9-3-6-11(15-12(9)16)8-1-4-10(14)5-2-8/h1-6H,7H2,(H,15,16). The number of H-pyrrole nitrogens is 1. The van der Waals surface area contributed by atoms with Gasteiger partial charge in [-0.2, -0.15) is 0 Å². The molecule has 2 aromatic rings. The molecule has 2 rings (SSSR count). The molecule has 0 aliphatic rings. The van der Waals surface area contributed by atoms with Crippen molar-refractivity contribution < 1.29 is 4.39 Å². The molecule has 2 nitrogen and oxygen atoms in total. The monoisotopic (exact) mass is 237 g/mol. The van der Waals surface area contributed by atoms with Gasteiger partial charge in [0, 0.05) is 11.3 Å². The number of alkyl halides is 1. The quantitative estimate of drug-likeness (QED) is 0.801. The summed E-state index contributed by atoms with van der Waals surface area (Å²) < 4.78 is 12.7. The Morgan fingerprint density at radius 1 is 1.12 bits per heavy atom. The highest BCUT2D eigenvalue weighted by molar-refractivity contribution is 6.17. The fourth-order valence-corrected chi connectivity index (χ4v) is 1.62. The van der Waals surface area contributed by atoms with Gasteiger partial charge >= 0.3 is 0 Å². The predicted molar refractivity (Wildman–Crippen MR) is 62.0 cm³/mol. The molecule has 0 bridgehead atoms. The minimum atomic E-state index is -0.302. The van der Waals surface area contributed by atoms with Crippen molar-refractivity contribution in [2.75, 3.05) is 0 Å². The van der Waals surface area contributed by atoms with Crippen molar-refractivity contribution in [3.05, 3.63) is 58.1 Å². The van der Waals surface area contributed by atoms with Crippen LogP contribution in [0.2, 0.25) is 0 Å². The van der Waals surface area contributed by atoms with Crippen molar-refractivity contribution in [3.8, 4) is 11.3 Å². The van der Waals surface area contributed by atoms with Gasteiger partial charge in [0.1, 0.15) is 5.82 Å². The summed E-state index contributed by atoms with van der Waals surface area (Å²) in [4.78, 5) is 14.2. The van der Waals surface area contributed by atoms with Crippen LogP contribution in [0, 0.1) is 5.82 Å². The highest BCUT2D eigenvalue weighted by atomic mass is 35.5. The molecule has 82 valence electrons. The molecule has 0 unspecified atom stereocenters. The van der Waals surface area contributed by atoms with E-state index >= 15 is 0 Å². The molecule has 1 N–H and O–H groups in total. The molecule has 0 saturated heterocycles. The molecular formula is C12H9ClFNO. The summed E-state index contributed by atoms with van der Waals surface area (Å²) in [5.74, 6) is -0.123. The van der Waals surface area contributed by atoms with Crippen LogP contribution < -0.4 is 5.56 Å². The first-order valence-corrected chi connectivity index (χ1v) is 5.28. The highest BCUT2D eigenvalue weighted by Gasteiger charge is 2.02. The average Bonchev–Trinajstić information content (AvgIpc) is 2.30. The second kappa shape index (κ2) is 4.49. The van der Waals surface area contributed by atoms with Gasteiger partial charge in [-0.15, -0.1) is 11.6 Å². The summed E-state index contributed by atoms with van der Waals surface area (Å²) >= 11 is 5.58. The fraction of sp³-hybridized carbons (Fsp3) is 0.0833.